The molecule has 3 aromatic rings. The van der Waals surface area contributed by atoms with Crippen LogP contribution in [0.5, 0.6) is 0 Å². The third-order valence-corrected chi connectivity index (χ3v) is 4.71. The van der Waals surface area contributed by atoms with Gasteiger partial charge in [-0.25, -0.2) is 0 Å². The predicted octanol–water partition coefficient (Wildman–Crippen LogP) is 6.54. The SMILES string of the molecule is C=C(C)N(C)/C(=C\Nc1cc(-c2ccccc2)ccc1C)c1ccccc1. The molecule has 0 spiro atoms. The van der Waals surface area contributed by atoms with Crippen LogP contribution in [0, 0.1) is 6.92 Å². The van der Waals surface area contributed by atoms with Gasteiger partial charge in [-0.05, 0) is 42.2 Å². The summed E-state index contributed by atoms with van der Waals surface area (Å²) in [7, 11) is 2.04. The van der Waals surface area contributed by atoms with Crippen molar-refractivity contribution in [1.82, 2.24) is 4.90 Å². The summed E-state index contributed by atoms with van der Waals surface area (Å²) in [5, 5.41) is 3.51. The van der Waals surface area contributed by atoms with Crippen LogP contribution in [0.3, 0.4) is 0 Å². The lowest BCUT2D eigenvalue weighted by Crippen LogP contribution is -2.15. The minimum atomic E-state index is 0.988. The van der Waals surface area contributed by atoms with Crippen LogP contribution >= 0.6 is 0 Å². The van der Waals surface area contributed by atoms with Gasteiger partial charge in [0.15, 0.2) is 0 Å². The fourth-order valence-corrected chi connectivity index (χ4v) is 2.92. The smallest absolute Gasteiger partial charge is 0.0641 e. The summed E-state index contributed by atoms with van der Waals surface area (Å²) in [5.41, 5.74) is 7.93. The van der Waals surface area contributed by atoms with Crippen LogP contribution in [-0.2, 0) is 0 Å². The quantitative estimate of drug-likeness (QED) is 0.541. The molecule has 0 radical (unpaired) electrons. The van der Waals surface area contributed by atoms with Crippen LogP contribution in [0.15, 0.2) is 97.3 Å². The largest absolute Gasteiger partial charge is 0.360 e. The normalized spacial score (nSPS) is 11.1. The van der Waals surface area contributed by atoms with Crippen molar-refractivity contribution in [2.75, 3.05) is 12.4 Å². The number of benzene rings is 3. The molecule has 2 heteroatoms. The van der Waals surface area contributed by atoms with Crippen molar-refractivity contribution in [1.29, 1.82) is 0 Å². The Hall–Kier alpha value is -3.26. The number of nitrogens with one attached hydrogen (secondary N) is 1. The highest BCUT2D eigenvalue weighted by molar-refractivity contribution is 5.73. The lowest BCUT2D eigenvalue weighted by molar-refractivity contribution is 0.600. The summed E-state index contributed by atoms with van der Waals surface area (Å²) in [5.74, 6) is 0. The topological polar surface area (TPSA) is 15.3 Å². The zero-order chi connectivity index (χ0) is 19.2. The van der Waals surface area contributed by atoms with Crippen molar-refractivity contribution < 1.29 is 0 Å². The molecule has 27 heavy (non-hydrogen) atoms. The molecule has 1 N–H and O–H groups in total. The van der Waals surface area contributed by atoms with E-state index in [9.17, 15) is 0 Å². The molecule has 0 bridgehead atoms. The van der Waals surface area contributed by atoms with E-state index in [1.54, 1.807) is 0 Å². The van der Waals surface area contributed by atoms with E-state index < -0.39 is 0 Å². The van der Waals surface area contributed by atoms with Gasteiger partial charge in [-0.2, -0.15) is 0 Å². The van der Waals surface area contributed by atoms with Gasteiger partial charge in [-0.1, -0.05) is 79.4 Å². The highest BCUT2D eigenvalue weighted by Crippen LogP contribution is 2.27. The van der Waals surface area contributed by atoms with E-state index in [1.165, 1.54) is 16.7 Å². The number of allylic oxidation sites excluding steroid dienone is 1. The minimum Gasteiger partial charge on any atom is -0.360 e. The first-order valence-corrected chi connectivity index (χ1v) is 9.13. The van der Waals surface area contributed by atoms with Gasteiger partial charge in [0.05, 0.1) is 5.70 Å². The van der Waals surface area contributed by atoms with E-state index in [2.05, 4.69) is 96.6 Å². The summed E-state index contributed by atoms with van der Waals surface area (Å²) in [6, 6.07) is 27.3. The van der Waals surface area contributed by atoms with Crippen molar-refractivity contribution in [2.45, 2.75) is 13.8 Å². The Kier molecular flexibility index (Phi) is 5.77. The second-order valence-corrected chi connectivity index (χ2v) is 6.73. The first-order chi connectivity index (χ1) is 13.1. The summed E-state index contributed by atoms with van der Waals surface area (Å²) in [6.07, 6.45) is 2.06. The summed E-state index contributed by atoms with van der Waals surface area (Å²) < 4.78 is 0. The number of hydrogen-bond acceptors (Lipinski definition) is 2. The molecule has 0 atom stereocenters. The molecule has 3 aromatic carbocycles. The van der Waals surface area contributed by atoms with Crippen molar-refractivity contribution in [3.63, 3.8) is 0 Å². The molecule has 0 fully saturated rings. The van der Waals surface area contributed by atoms with E-state index in [4.69, 9.17) is 0 Å². The number of anilines is 1. The molecular weight excluding hydrogens is 328 g/mol. The van der Waals surface area contributed by atoms with Crippen LogP contribution in [0.4, 0.5) is 5.69 Å². The maximum Gasteiger partial charge on any atom is 0.0641 e. The van der Waals surface area contributed by atoms with Crippen LogP contribution in [0.2, 0.25) is 0 Å². The monoisotopic (exact) mass is 354 g/mol. The lowest BCUT2D eigenvalue weighted by atomic mass is 10.0. The van der Waals surface area contributed by atoms with E-state index in [0.29, 0.717) is 0 Å². The lowest BCUT2D eigenvalue weighted by Gasteiger charge is -2.23. The van der Waals surface area contributed by atoms with Gasteiger partial charge >= 0.3 is 0 Å². The average molecular weight is 354 g/mol. The van der Waals surface area contributed by atoms with E-state index >= 15 is 0 Å². The Balaban J connectivity index is 1.95. The van der Waals surface area contributed by atoms with Gasteiger partial charge in [-0.15, -0.1) is 0 Å². The molecule has 0 aromatic heterocycles. The van der Waals surface area contributed by atoms with Gasteiger partial charge in [0.2, 0.25) is 0 Å². The van der Waals surface area contributed by atoms with Crippen molar-refractivity contribution in [3.8, 4) is 11.1 Å². The second-order valence-electron chi connectivity index (χ2n) is 6.73. The first kappa shape index (κ1) is 18.5. The highest BCUT2D eigenvalue weighted by Gasteiger charge is 2.09. The van der Waals surface area contributed by atoms with Gasteiger partial charge in [0, 0.05) is 24.6 Å². The fraction of sp³-hybridized carbons (Fsp3) is 0.120. The van der Waals surface area contributed by atoms with Gasteiger partial charge in [0.1, 0.15) is 0 Å². The minimum absolute atomic E-state index is 0.988. The Labute approximate surface area is 162 Å². The highest BCUT2D eigenvalue weighted by atomic mass is 15.1. The van der Waals surface area contributed by atoms with E-state index in [0.717, 1.165) is 22.6 Å². The molecule has 2 nitrogen and oxygen atoms in total. The maximum atomic E-state index is 4.09. The molecule has 136 valence electrons. The summed E-state index contributed by atoms with van der Waals surface area (Å²) in [4.78, 5) is 2.10. The molecule has 0 amide bonds. The fourth-order valence-electron chi connectivity index (χ4n) is 2.92. The molecule has 0 unspecified atom stereocenters. The first-order valence-electron chi connectivity index (χ1n) is 9.13. The van der Waals surface area contributed by atoms with Crippen LogP contribution in [0.1, 0.15) is 18.1 Å². The Morgan fingerprint density at radius 1 is 0.889 bits per heavy atom. The molecule has 3 rings (SSSR count). The van der Waals surface area contributed by atoms with Gasteiger partial charge in [-0.3, -0.25) is 0 Å². The molecule has 0 aliphatic rings. The average Bonchev–Trinajstić information content (AvgIpc) is 2.70. The van der Waals surface area contributed by atoms with Gasteiger partial charge in [0.25, 0.3) is 0 Å². The third-order valence-electron chi connectivity index (χ3n) is 4.71. The molecule has 0 saturated carbocycles. The van der Waals surface area contributed by atoms with E-state index in [-0.39, 0.29) is 0 Å². The predicted molar refractivity (Wildman–Crippen MR) is 117 cm³/mol. The number of rotatable bonds is 6. The number of hydrogen-bond donors (Lipinski definition) is 1. The number of nitrogens with zero attached hydrogens (tertiary/aromatic N) is 1. The molecule has 0 heterocycles. The van der Waals surface area contributed by atoms with Crippen LogP contribution in [0.25, 0.3) is 16.8 Å². The molecule has 0 aliphatic heterocycles. The maximum absolute atomic E-state index is 4.09. The molecule has 0 aliphatic carbocycles. The molecular formula is C25H26N2. The standard InChI is InChI=1S/C25H26N2/c1-19(2)27(4)25(22-13-9-6-10-14-22)18-26-24-17-23(16-15-20(24)3)21-11-7-5-8-12-21/h5-18,26H,1H2,2-4H3/b25-18-. The Bertz CT molecular complexity index is 941. The van der Waals surface area contributed by atoms with Crippen molar-refractivity contribution in [2.24, 2.45) is 0 Å². The summed E-state index contributed by atoms with van der Waals surface area (Å²) in [6.45, 7) is 8.22. The zero-order valence-corrected chi connectivity index (χ0v) is 16.2. The zero-order valence-electron chi connectivity index (χ0n) is 16.2. The second kappa shape index (κ2) is 8.41. The van der Waals surface area contributed by atoms with Crippen LogP contribution < -0.4 is 5.32 Å². The Morgan fingerprint density at radius 2 is 1.52 bits per heavy atom. The molecule has 0 saturated heterocycles. The van der Waals surface area contributed by atoms with Crippen molar-refractivity contribution >= 4 is 11.4 Å². The van der Waals surface area contributed by atoms with Gasteiger partial charge < -0.3 is 10.2 Å². The van der Waals surface area contributed by atoms with Crippen LogP contribution in [-0.4, -0.2) is 11.9 Å². The van der Waals surface area contributed by atoms with E-state index in [1.807, 2.05) is 26.1 Å². The number of aryl methyl sites for hydroxylation is 1. The third kappa shape index (κ3) is 4.48. The van der Waals surface area contributed by atoms with Crippen molar-refractivity contribution in [3.05, 3.63) is 108 Å². The summed E-state index contributed by atoms with van der Waals surface area (Å²) >= 11 is 0. The Morgan fingerprint density at radius 3 is 2.15 bits per heavy atom.